The molecule has 40 heavy (non-hydrogen) atoms. The van der Waals surface area contributed by atoms with Crippen molar-refractivity contribution in [2.75, 3.05) is 0 Å². The van der Waals surface area contributed by atoms with E-state index in [9.17, 15) is 30.7 Å². The molecule has 0 radical (unpaired) electrons. The summed E-state index contributed by atoms with van der Waals surface area (Å²) in [4.78, 5) is 0. The van der Waals surface area contributed by atoms with Gasteiger partial charge in [-0.2, -0.15) is 8.78 Å². The summed E-state index contributed by atoms with van der Waals surface area (Å²) in [6.45, 7) is 3.89. The van der Waals surface area contributed by atoms with Crippen molar-refractivity contribution < 1.29 is 44.3 Å². The minimum atomic E-state index is -4.82. The van der Waals surface area contributed by atoms with Crippen LogP contribution in [0.5, 0.6) is 5.75 Å². The van der Waals surface area contributed by atoms with E-state index in [-0.39, 0.29) is 17.7 Å². The maximum atomic E-state index is 15.1. The minimum absolute atomic E-state index is 0.0659. The van der Waals surface area contributed by atoms with E-state index in [2.05, 4.69) is 4.74 Å². The van der Waals surface area contributed by atoms with Crippen molar-refractivity contribution in [1.29, 1.82) is 0 Å². The van der Waals surface area contributed by atoms with E-state index in [1.165, 1.54) is 6.07 Å². The Morgan fingerprint density at radius 3 is 1.73 bits per heavy atom. The lowest BCUT2D eigenvalue weighted by Gasteiger charge is -2.20. The summed E-state index contributed by atoms with van der Waals surface area (Å²) in [5.41, 5.74) is -0.955. The monoisotopic (exact) mass is 568 g/mol. The van der Waals surface area contributed by atoms with Gasteiger partial charge in [0.2, 0.25) is 0 Å². The van der Waals surface area contributed by atoms with Crippen molar-refractivity contribution in [3.05, 3.63) is 112 Å². The van der Waals surface area contributed by atoms with Gasteiger partial charge < -0.3 is 4.74 Å². The fraction of sp³-hybridized carbons (Fsp3) is 0.200. The Bertz CT molecular complexity index is 1530. The molecule has 4 rings (SSSR count). The van der Waals surface area contributed by atoms with E-state index in [1.54, 1.807) is 12.1 Å². The Labute approximate surface area is 223 Å². The predicted octanol–water partition coefficient (Wildman–Crippen LogP) is 9.77. The molecule has 0 fully saturated rings. The van der Waals surface area contributed by atoms with Crippen molar-refractivity contribution in [2.24, 2.45) is 0 Å². The van der Waals surface area contributed by atoms with Gasteiger partial charge in [-0.1, -0.05) is 43.7 Å². The van der Waals surface area contributed by atoms with Crippen molar-refractivity contribution in [2.45, 2.75) is 39.2 Å². The van der Waals surface area contributed by atoms with E-state index in [4.69, 9.17) is 0 Å². The molecule has 0 heterocycles. The molecular weight excluding hydrogens is 547 g/mol. The molecular formula is C30H21F9O. The van der Waals surface area contributed by atoms with Crippen molar-refractivity contribution in [3.8, 4) is 28.0 Å². The first kappa shape index (κ1) is 29.0. The lowest BCUT2D eigenvalue weighted by molar-refractivity contribution is -0.189. The van der Waals surface area contributed by atoms with E-state index in [0.29, 0.717) is 17.7 Å². The number of halogens is 9. The zero-order chi connectivity index (χ0) is 29.4. The van der Waals surface area contributed by atoms with E-state index in [1.807, 2.05) is 19.9 Å². The summed E-state index contributed by atoms with van der Waals surface area (Å²) >= 11 is 0. The van der Waals surface area contributed by atoms with Crippen molar-refractivity contribution in [1.82, 2.24) is 0 Å². The molecule has 4 aromatic carbocycles. The standard InChI is InChI=1S/C30H21F9O/c1-3-4-5-16-6-7-17(10-15(16)2)20-8-9-21(28(36)27(20)35)18-11-22(31)26(23(32)12-18)30(38,39)40-19-13-24(33)29(37)25(34)14-19/h6-14H,3-5H2,1-2H3. The number of hydrogen-bond acceptors (Lipinski definition) is 1. The summed E-state index contributed by atoms with van der Waals surface area (Å²) in [5, 5.41) is 0. The first-order chi connectivity index (χ1) is 18.8. The Morgan fingerprint density at radius 2 is 1.20 bits per heavy atom. The molecule has 0 aliphatic rings. The Balaban J connectivity index is 1.67. The molecule has 0 bridgehead atoms. The molecule has 0 unspecified atom stereocenters. The number of ether oxygens (including phenoxy) is 1. The number of rotatable bonds is 8. The molecule has 210 valence electrons. The molecule has 4 aromatic rings. The van der Waals surface area contributed by atoms with Crippen LogP contribution in [-0.2, 0) is 12.5 Å². The topological polar surface area (TPSA) is 9.23 Å². The van der Waals surface area contributed by atoms with Crippen LogP contribution in [0.4, 0.5) is 39.5 Å². The average Bonchev–Trinajstić information content (AvgIpc) is 2.87. The van der Waals surface area contributed by atoms with Gasteiger partial charge in [-0.05, 0) is 54.2 Å². The highest BCUT2D eigenvalue weighted by Gasteiger charge is 2.41. The largest absolute Gasteiger partial charge is 0.432 e. The molecule has 0 aliphatic carbocycles. The smallest absolute Gasteiger partial charge is 0.429 e. The summed E-state index contributed by atoms with van der Waals surface area (Å²) in [6, 6.07) is 8.20. The fourth-order valence-electron chi connectivity index (χ4n) is 4.30. The lowest BCUT2D eigenvalue weighted by atomic mass is 9.94. The Hall–Kier alpha value is -3.95. The maximum absolute atomic E-state index is 15.1. The maximum Gasteiger partial charge on any atom is 0.432 e. The molecule has 1 nitrogen and oxygen atoms in total. The van der Waals surface area contributed by atoms with Crippen LogP contribution in [0.3, 0.4) is 0 Å². The predicted molar refractivity (Wildman–Crippen MR) is 131 cm³/mol. The zero-order valence-corrected chi connectivity index (χ0v) is 21.1. The van der Waals surface area contributed by atoms with Crippen LogP contribution < -0.4 is 4.74 Å². The van der Waals surface area contributed by atoms with Crippen LogP contribution in [0, 0.1) is 47.6 Å². The summed E-state index contributed by atoms with van der Waals surface area (Å²) in [5.74, 6) is -13.5. The molecule has 0 N–H and O–H groups in total. The number of benzene rings is 4. The Morgan fingerprint density at radius 1 is 0.650 bits per heavy atom. The summed E-state index contributed by atoms with van der Waals surface area (Å²) in [7, 11) is 0. The van der Waals surface area contributed by atoms with Crippen LogP contribution in [0.15, 0.2) is 54.6 Å². The second kappa shape index (κ2) is 11.3. The average molecular weight is 568 g/mol. The fourth-order valence-corrected chi connectivity index (χ4v) is 4.30. The third kappa shape index (κ3) is 5.66. The second-order valence-electron chi connectivity index (χ2n) is 9.17. The number of unbranched alkanes of at least 4 members (excludes halogenated alkanes) is 1. The SMILES string of the molecule is CCCCc1ccc(-c2ccc(-c3cc(F)c(C(F)(F)Oc4cc(F)c(F)c(F)c4)c(F)c3)c(F)c2F)cc1C. The van der Waals surface area contributed by atoms with Gasteiger partial charge in [-0.3, -0.25) is 0 Å². The van der Waals surface area contributed by atoms with Gasteiger partial charge >= 0.3 is 6.11 Å². The van der Waals surface area contributed by atoms with Crippen LogP contribution in [0.25, 0.3) is 22.3 Å². The quantitative estimate of drug-likeness (QED) is 0.152. The van der Waals surface area contributed by atoms with Gasteiger partial charge in [0.15, 0.2) is 29.1 Å². The highest BCUT2D eigenvalue weighted by Crippen LogP contribution is 2.39. The van der Waals surface area contributed by atoms with Crippen LogP contribution >= 0.6 is 0 Å². The third-order valence-corrected chi connectivity index (χ3v) is 6.38. The molecule has 0 aromatic heterocycles. The molecule has 0 aliphatic heterocycles. The highest BCUT2D eigenvalue weighted by atomic mass is 19.3. The molecule has 0 saturated heterocycles. The van der Waals surface area contributed by atoms with Crippen LogP contribution in [-0.4, -0.2) is 0 Å². The van der Waals surface area contributed by atoms with E-state index in [0.717, 1.165) is 36.5 Å². The van der Waals surface area contributed by atoms with Crippen molar-refractivity contribution >= 4 is 0 Å². The van der Waals surface area contributed by atoms with Gasteiger partial charge in [-0.15, -0.1) is 0 Å². The number of alkyl halides is 2. The van der Waals surface area contributed by atoms with Crippen LogP contribution in [0.1, 0.15) is 36.5 Å². The van der Waals surface area contributed by atoms with Gasteiger partial charge in [-0.25, -0.2) is 30.7 Å². The van der Waals surface area contributed by atoms with Gasteiger partial charge in [0.05, 0.1) is 0 Å². The molecule has 0 amide bonds. The first-order valence-corrected chi connectivity index (χ1v) is 12.1. The van der Waals surface area contributed by atoms with E-state index >= 15 is 8.78 Å². The number of hydrogen-bond donors (Lipinski definition) is 0. The van der Waals surface area contributed by atoms with Crippen LogP contribution in [0.2, 0.25) is 0 Å². The molecule has 0 saturated carbocycles. The minimum Gasteiger partial charge on any atom is -0.429 e. The third-order valence-electron chi connectivity index (χ3n) is 6.38. The molecule has 10 heteroatoms. The van der Waals surface area contributed by atoms with Gasteiger partial charge in [0.1, 0.15) is 22.9 Å². The highest BCUT2D eigenvalue weighted by molar-refractivity contribution is 5.72. The van der Waals surface area contributed by atoms with Gasteiger partial charge in [0, 0.05) is 23.3 Å². The summed E-state index contributed by atoms with van der Waals surface area (Å²) in [6.07, 6.45) is -2.04. The molecule has 0 spiro atoms. The van der Waals surface area contributed by atoms with E-state index < -0.39 is 69.3 Å². The lowest BCUT2D eigenvalue weighted by Crippen LogP contribution is -2.25. The Kier molecular flexibility index (Phi) is 8.18. The van der Waals surface area contributed by atoms with Crippen molar-refractivity contribution in [3.63, 3.8) is 0 Å². The molecule has 0 atom stereocenters. The zero-order valence-electron chi connectivity index (χ0n) is 21.1. The first-order valence-electron chi connectivity index (χ1n) is 12.1. The second-order valence-corrected chi connectivity index (χ2v) is 9.17. The van der Waals surface area contributed by atoms with Gasteiger partial charge in [0.25, 0.3) is 0 Å². The number of aryl methyl sites for hydroxylation is 2. The normalized spacial score (nSPS) is 11.7. The summed E-state index contributed by atoms with van der Waals surface area (Å²) < 4.78 is 133.